The van der Waals surface area contributed by atoms with E-state index in [9.17, 15) is 13.2 Å². The van der Waals surface area contributed by atoms with E-state index in [4.69, 9.17) is 0 Å². The van der Waals surface area contributed by atoms with Crippen molar-refractivity contribution in [3.63, 3.8) is 0 Å². The standard InChI is InChI=1S/C22H22N2O3S2/c1-15-7-12-21(13-16(15)2)29(26,27)24-18-10-8-17(9-11-18)22(25)23-19-5-4-6-20(14-19)28-3/h4-14,24H,1-3H3,(H,23,25). The highest BCUT2D eigenvalue weighted by molar-refractivity contribution is 7.98. The Balaban J connectivity index is 1.72. The number of nitrogens with one attached hydrogen (secondary N) is 2. The van der Waals surface area contributed by atoms with Crippen LogP contribution in [-0.2, 0) is 10.0 Å². The first-order valence-electron chi connectivity index (χ1n) is 8.94. The minimum absolute atomic E-state index is 0.205. The third kappa shape index (κ3) is 5.19. The van der Waals surface area contributed by atoms with Crippen LogP contribution >= 0.6 is 11.8 Å². The monoisotopic (exact) mass is 426 g/mol. The van der Waals surface area contributed by atoms with Gasteiger partial charge in [0.05, 0.1) is 4.90 Å². The van der Waals surface area contributed by atoms with Crippen molar-refractivity contribution < 1.29 is 13.2 Å². The third-order valence-electron chi connectivity index (χ3n) is 4.52. The second-order valence-electron chi connectivity index (χ2n) is 6.61. The number of sulfonamides is 1. The van der Waals surface area contributed by atoms with Crippen LogP contribution in [0.1, 0.15) is 21.5 Å². The number of aryl methyl sites for hydroxylation is 2. The second kappa shape index (κ2) is 8.71. The lowest BCUT2D eigenvalue weighted by molar-refractivity contribution is 0.102. The van der Waals surface area contributed by atoms with Crippen LogP contribution in [0.5, 0.6) is 0 Å². The van der Waals surface area contributed by atoms with Gasteiger partial charge in [0, 0.05) is 21.8 Å². The van der Waals surface area contributed by atoms with Gasteiger partial charge in [0.1, 0.15) is 0 Å². The predicted octanol–water partition coefficient (Wildman–Crippen LogP) is 5.08. The summed E-state index contributed by atoms with van der Waals surface area (Å²) in [7, 11) is -3.69. The molecule has 0 saturated heterocycles. The molecule has 3 rings (SSSR count). The average Bonchev–Trinajstić information content (AvgIpc) is 2.70. The van der Waals surface area contributed by atoms with Crippen molar-refractivity contribution in [1.29, 1.82) is 0 Å². The van der Waals surface area contributed by atoms with Crippen LogP contribution in [0.15, 0.2) is 76.5 Å². The van der Waals surface area contributed by atoms with Gasteiger partial charge < -0.3 is 5.32 Å². The Morgan fingerprint density at radius 3 is 2.24 bits per heavy atom. The van der Waals surface area contributed by atoms with Crippen LogP contribution in [0, 0.1) is 13.8 Å². The number of hydrogen-bond donors (Lipinski definition) is 2. The number of carbonyl (C=O) groups is 1. The fourth-order valence-corrected chi connectivity index (χ4v) is 4.29. The SMILES string of the molecule is CSc1cccc(NC(=O)c2ccc(NS(=O)(=O)c3ccc(C)c(C)c3)cc2)c1. The fraction of sp³-hybridized carbons (Fsp3) is 0.136. The second-order valence-corrected chi connectivity index (χ2v) is 9.18. The van der Waals surface area contributed by atoms with Gasteiger partial charge in [-0.25, -0.2) is 8.42 Å². The van der Waals surface area contributed by atoms with E-state index in [1.165, 1.54) is 0 Å². The molecule has 0 aliphatic rings. The summed E-state index contributed by atoms with van der Waals surface area (Å²) in [6, 6.07) is 18.9. The van der Waals surface area contributed by atoms with Crippen molar-refractivity contribution in [2.45, 2.75) is 23.6 Å². The number of thioether (sulfide) groups is 1. The molecule has 3 aromatic rings. The van der Waals surface area contributed by atoms with Crippen molar-refractivity contribution in [3.05, 3.63) is 83.4 Å². The predicted molar refractivity (Wildman–Crippen MR) is 119 cm³/mol. The number of hydrogen-bond acceptors (Lipinski definition) is 4. The van der Waals surface area contributed by atoms with Gasteiger partial charge in [0.25, 0.3) is 15.9 Å². The molecule has 3 aromatic carbocycles. The molecule has 0 aliphatic heterocycles. The molecule has 0 heterocycles. The lowest BCUT2D eigenvalue weighted by Crippen LogP contribution is -2.14. The van der Waals surface area contributed by atoms with Gasteiger partial charge in [-0.05, 0) is 85.8 Å². The lowest BCUT2D eigenvalue weighted by Gasteiger charge is -2.11. The number of benzene rings is 3. The van der Waals surface area contributed by atoms with E-state index < -0.39 is 10.0 Å². The Hall–Kier alpha value is -2.77. The first kappa shape index (κ1) is 21.0. The van der Waals surface area contributed by atoms with E-state index in [-0.39, 0.29) is 10.8 Å². The molecule has 0 fully saturated rings. The van der Waals surface area contributed by atoms with Crippen molar-refractivity contribution >= 4 is 39.1 Å². The smallest absolute Gasteiger partial charge is 0.261 e. The summed E-state index contributed by atoms with van der Waals surface area (Å²) < 4.78 is 27.7. The summed E-state index contributed by atoms with van der Waals surface area (Å²) in [6.07, 6.45) is 1.97. The highest BCUT2D eigenvalue weighted by Crippen LogP contribution is 2.21. The van der Waals surface area contributed by atoms with Crippen LogP contribution in [0.3, 0.4) is 0 Å². The van der Waals surface area contributed by atoms with Gasteiger partial charge in [-0.15, -0.1) is 11.8 Å². The van der Waals surface area contributed by atoms with E-state index in [0.717, 1.165) is 16.0 Å². The van der Waals surface area contributed by atoms with Crippen LogP contribution < -0.4 is 10.0 Å². The topological polar surface area (TPSA) is 75.3 Å². The highest BCUT2D eigenvalue weighted by atomic mass is 32.2. The Labute approximate surface area is 175 Å². The average molecular weight is 427 g/mol. The normalized spacial score (nSPS) is 11.1. The Kier molecular flexibility index (Phi) is 6.30. The van der Waals surface area contributed by atoms with E-state index >= 15 is 0 Å². The van der Waals surface area contributed by atoms with E-state index in [2.05, 4.69) is 10.0 Å². The Morgan fingerprint density at radius 1 is 0.862 bits per heavy atom. The minimum Gasteiger partial charge on any atom is -0.322 e. The van der Waals surface area contributed by atoms with Crippen molar-refractivity contribution in [1.82, 2.24) is 0 Å². The molecule has 0 saturated carbocycles. The van der Waals surface area contributed by atoms with Gasteiger partial charge >= 0.3 is 0 Å². The zero-order valence-electron chi connectivity index (χ0n) is 16.4. The summed E-state index contributed by atoms with van der Waals surface area (Å²) in [5, 5.41) is 2.85. The number of carbonyl (C=O) groups excluding carboxylic acids is 1. The summed E-state index contributed by atoms with van der Waals surface area (Å²) >= 11 is 1.60. The van der Waals surface area contributed by atoms with E-state index in [0.29, 0.717) is 16.9 Å². The molecule has 0 unspecified atom stereocenters. The molecule has 1 amide bonds. The molecule has 0 bridgehead atoms. The highest BCUT2D eigenvalue weighted by Gasteiger charge is 2.15. The summed E-state index contributed by atoms with van der Waals surface area (Å²) in [4.78, 5) is 13.7. The van der Waals surface area contributed by atoms with Gasteiger partial charge in [-0.3, -0.25) is 9.52 Å². The molecular weight excluding hydrogens is 404 g/mol. The maximum absolute atomic E-state index is 12.6. The number of rotatable bonds is 6. The molecule has 0 atom stereocenters. The molecule has 29 heavy (non-hydrogen) atoms. The maximum Gasteiger partial charge on any atom is 0.261 e. The molecule has 0 spiro atoms. The number of amides is 1. The van der Waals surface area contributed by atoms with Gasteiger partial charge in [0.15, 0.2) is 0 Å². The molecule has 5 nitrogen and oxygen atoms in total. The largest absolute Gasteiger partial charge is 0.322 e. The molecular formula is C22H22N2O3S2. The quantitative estimate of drug-likeness (QED) is 0.539. The molecule has 2 N–H and O–H groups in total. The maximum atomic E-state index is 12.6. The number of anilines is 2. The first-order chi connectivity index (χ1) is 13.8. The molecule has 0 radical (unpaired) electrons. The molecule has 150 valence electrons. The fourth-order valence-electron chi connectivity index (χ4n) is 2.69. The van der Waals surface area contributed by atoms with Crippen LogP contribution in [0.25, 0.3) is 0 Å². The summed E-state index contributed by atoms with van der Waals surface area (Å²) in [5.41, 5.74) is 3.48. The first-order valence-corrected chi connectivity index (χ1v) is 11.6. The van der Waals surface area contributed by atoms with Crippen LogP contribution in [-0.4, -0.2) is 20.6 Å². The lowest BCUT2D eigenvalue weighted by atomic mass is 10.1. The van der Waals surface area contributed by atoms with E-state index in [1.807, 2.05) is 44.4 Å². The summed E-state index contributed by atoms with van der Waals surface area (Å²) in [5.74, 6) is -0.258. The zero-order valence-corrected chi connectivity index (χ0v) is 18.0. The minimum atomic E-state index is -3.69. The Bertz CT molecular complexity index is 1140. The van der Waals surface area contributed by atoms with Crippen molar-refractivity contribution in [2.75, 3.05) is 16.3 Å². The molecule has 0 aromatic heterocycles. The van der Waals surface area contributed by atoms with Crippen molar-refractivity contribution in [2.24, 2.45) is 0 Å². The summed E-state index contributed by atoms with van der Waals surface area (Å²) in [6.45, 7) is 3.80. The molecule has 7 heteroatoms. The van der Waals surface area contributed by atoms with Gasteiger partial charge in [-0.2, -0.15) is 0 Å². The van der Waals surface area contributed by atoms with Gasteiger partial charge in [-0.1, -0.05) is 12.1 Å². The third-order valence-corrected chi connectivity index (χ3v) is 6.62. The Morgan fingerprint density at radius 2 is 1.59 bits per heavy atom. The van der Waals surface area contributed by atoms with E-state index in [1.54, 1.807) is 54.2 Å². The van der Waals surface area contributed by atoms with Crippen LogP contribution in [0.2, 0.25) is 0 Å². The van der Waals surface area contributed by atoms with Crippen molar-refractivity contribution in [3.8, 4) is 0 Å². The zero-order chi connectivity index (χ0) is 21.0. The molecule has 0 aliphatic carbocycles. The van der Waals surface area contributed by atoms with Gasteiger partial charge in [0.2, 0.25) is 0 Å². The van der Waals surface area contributed by atoms with Crippen LogP contribution in [0.4, 0.5) is 11.4 Å².